The van der Waals surface area contributed by atoms with Crippen molar-refractivity contribution in [3.05, 3.63) is 18.0 Å². The van der Waals surface area contributed by atoms with Crippen LogP contribution in [0.15, 0.2) is 16.8 Å². The van der Waals surface area contributed by atoms with Gasteiger partial charge in [0.25, 0.3) is 5.91 Å². The minimum Gasteiger partial charge on any atom is -0.374 e. The molecule has 6 nitrogen and oxygen atoms in total. The van der Waals surface area contributed by atoms with Gasteiger partial charge < -0.3 is 19.9 Å². The van der Waals surface area contributed by atoms with Gasteiger partial charge in [0.1, 0.15) is 0 Å². The highest BCUT2D eigenvalue weighted by molar-refractivity contribution is 5.91. The summed E-state index contributed by atoms with van der Waals surface area (Å²) in [6, 6.07) is 1.93. The smallest absolute Gasteiger partial charge is 0.290 e. The summed E-state index contributed by atoms with van der Waals surface area (Å²) in [5, 5.41) is 9.81. The fourth-order valence-electron chi connectivity index (χ4n) is 2.52. The molecule has 3 heterocycles. The van der Waals surface area contributed by atoms with Gasteiger partial charge in [0.2, 0.25) is 5.76 Å². The van der Waals surface area contributed by atoms with E-state index in [2.05, 4.69) is 15.8 Å². The van der Waals surface area contributed by atoms with Crippen molar-refractivity contribution in [2.24, 2.45) is 0 Å². The van der Waals surface area contributed by atoms with Crippen LogP contribution in [0.3, 0.4) is 0 Å². The summed E-state index contributed by atoms with van der Waals surface area (Å²) in [5.74, 6) is 0.00776. The van der Waals surface area contributed by atoms with Crippen molar-refractivity contribution in [1.82, 2.24) is 15.8 Å². The van der Waals surface area contributed by atoms with Crippen LogP contribution in [-0.4, -0.2) is 42.4 Å². The van der Waals surface area contributed by atoms with Gasteiger partial charge in [-0.05, 0) is 12.8 Å². The molecule has 2 aliphatic heterocycles. The molecule has 0 saturated carbocycles. The fraction of sp³-hybridized carbons (Fsp3) is 0.636. The normalized spacial score (nSPS) is 30.3. The van der Waals surface area contributed by atoms with Crippen LogP contribution in [0.5, 0.6) is 0 Å². The number of hydrogen-bond donors (Lipinski definition) is 2. The van der Waals surface area contributed by atoms with E-state index in [4.69, 9.17) is 9.26 Å². The molecule has 2 saturated heterocycles. The van der Waals surface area contributed by atoms with Crippen LogP contribution in [0.2, 0.25) is 0 Å². The highest BCUT2D eigenvalue weighted by Crippen LogP contribution is 2.21. The topological polar surface area (TPSA) is 76.4 Å². The quantitative estimate of drug-likeness (QED) is 0.813. The Morgan fingerprint density at radius 2 is 2.44 bits per heavy atom. The number of aromatic nitrogens is 1. The molecule has 3 atom stereocenters. The van der Waals surface area contributed by atoms with E-state index in [1.165, 1.54) is 6.20 Å². The van der Waals surface area contributed by atoms with Crippen LogP contribution in [0.4, 0.5) is 0 Å². The molecule has 100 valence electrons. The zero-order valence-electron chi connectivity index (χ0n) is 9.80. The van der Waals surface area contributed by atoms with Gasteiger partial charge in [-0.15, -0.1) is 12.4 Å². The van der Waals surface area contributed by atoms with Crippen molar-refractivity contribution in [2.45, 2.75) is 31.0 Å². The van der Waals surface area contributed by atoms with Gasteiger partial charge in [0.15, 0.2) is 0 Å². The first-order valence-electron chi connectivity index (χ1n) is 5.91. The maximum atomic E-state index is 11.8. The Morgan fingerprint density at radius 1 is 1.56 bits per heavy atom. The second-order valence-electron chi connectivity index (χ2n) is 4.45. The van der Waals surface area contributed by atoms with Gasteiger partial charge in [-0.1, -0.05) is 5.16 Å². The zero-order valence-corrected chi connectivity index (χ0v) is 10.6. The predicted octanol–water partition coefficient (Wildman–Crippen LogP) is 0.346. The Kier molecular flexibility index (Phi) is 4.21. The van der Waals surface area contributed by atoms with E-state index in [0.717, 1.165) is 26.0 Å². The number of halogens is 1. The summed E-state index contributed by atoms with van der Waals surface area (Å²) in [5.41, 5.74) is 0. The first kappa shape index (κ1) is 13.3. The van der Waals surface area contributed by atoms with Crippen LogP contribution in [0, 0.1) is 0 Å². The summed E-state index contributed by atoms with van der Waals surface area (Å²) >= 11 is 0. The molecule has 2 fully saturated rings. The second-order valence-corrected chi connectivity index (χ2v) is 4.45. The van der Waals surface area contributed by atoms with Crippen LogP contribution in [0.25, 0.3) is 0 Å². The summed E-state index contributed by atoms with van der Waals surface area (Å²) < 4.78 is 10.5. The third kappa shape index (κ3) is 2.50. The van der Waals surface area contributed by atoms with Gasteiger partial charge in [0.05, 0.1) is 18.3 Å². The standard InChI is InChI=1S/C11H15N3O3.ClH/c15-11(9-3-4-13-17-9)14-8-6-12-7-2-1-5-16-10(7)8;/h3-4,7-8,10,12H,1-2,5-6H2,(H,14,15);1H/t7-,8-,10+;/m0./s1. The molecule has 1 aromatic heterocycles. The number of nitrogens with zero attached hydrogens (tertiary/aromatic N) is 1. The van der Waals surface area contributed by atoms with Gasteiger partial charge in [-0.25, -0.2) is 0 Å². The molecule has 2 N–H and O–H groups in total. The molecule has 1 amide bonds. The molecular formula is C11H16ClN3O3. The lowest BCUT2D eigenvalue weighted by Crippen LogP contribution is -2.47. The molecule has 7 heteroatoms. The van der Waals surface area contributed by atoms with Crippen molar-refractivity contribution in [2.75, 3.05) is 13.2 Å². The molecule has 1 aromatic rings. The molecule has 0 aliphatic carbocycles. The van der Waals surface area contributed by atoms with E-state index < -0.39 is 0 Å². The van der Waals surface area contributed by atoms with Gasteiger partial charge in [-0.2, -0.15) is 0 Å². The number of amides is 1. The molecule has 0 unspecified atom stereocenters. The number of nitrogens with one attached hydrogen (secondary N) is 2. The van der Waals surface area contributed by atoms with E-state index in [1.54, 1.807) is 6.07 Å². The Bertz CT molecular complexity index is 398. The van der Waals surface area contributed by atoms with Crippen LogP contribution in [-0.2, 0) is 4.74 Å². The Balaban J connectivity index is 0.00000120. The molecule has 0 spiro atoms. The number of carbonyl (C=O) groups excluding carboxylic acids is 1. The summed E-state index contributed by atoms with van der Waals surface area (Å²) in [7, 11) is 0. The number of hydrogen-bond acceptors (Lipinski definition) is 5. The Labute approximate surface area is 111 Å². The number of ether oxygens (including phenoxy) is 1. The second kappa shape index (κ2) is 5.69. The molecule has 0 bridgehead atoms. The van der Waals surface area contributed by atoms with Crippen LogP contribution < -0.4 is 10.6 Å². The monoisotopic (exact) mass is 273 g/mol. The number of carbonyl (C=O) groups is 1. The first-order chi connectivity index (χ1) is 8.34. The lowest BCUT2D eigenvalue weighted by atomic mass is 10.0. The van der Waals surface area contributed by atoms with Gasteiger partial charge in [0, 0.05) is 25.3 Å². The Morgan fingerprint density at radius 3 is 3.22 bits per heavy atom. The SMILES string of the molecule is Cl.O=C(N[C@H]1CN[C@H]2CCCO[C@H]21)c1ccno1. The lowest BCUT2D eigenvalue weighted by molar-refractivity contribution is -0.00236. The average molecular weight is 274 g/mol. The van der Waals surface area contributed by atoms with Gasteiger partial charge in [-0.3, -0.25) is 4.79 Å². The molecular weight excluding hydrogens is 258 g/mol. The third-order valence-electron chi connectivity index (χ3n) is 3.34. The predicted molar refractivity (Wildman–Crippen MR) is 65.8 cm³/mol. The lowest BCUT2D eigenvalue weighted by Gasteiger charge is -2.28. The summed E-state index contributed by atoms with van der Waals surface area (Å²) in [4.78, 5) is 11.8. The third-order valence-corrected chi connectivity index (χ3v) is 3.34. The van der Waals surface area contributed by atoms with Crippen molar-refractivity contribution in [3.8, 4) is 0 Å². The van der Waals surface area contributed by atoms with E-state index in [1.807, 2.05) is 0 Å². The van der Waals surface area contributed by atoms with Crippen LogP contribution in [0.1, 0.15) is 23.4 Å². The van der Waals surface area contributed by atoms with E-state index in [-0.39, 0.29) is 36.2 Å². The van der Waals surface area contributed by atoms with Crippen molar-refractivity contribution < 1.29 is 14.1 Å². The maximum absolute atomic E-state index is 11.8. The van der Waals surface area contributed by atoms with Crippen molar-refractivity contribution in [3.63, 3.8) is 0 Å². The number of rotatable bonds is 2. The molecule has 0 radical (unpaired) electrons. The molecule has 0 aromatic carbocycles. The van der Waals surface area contributed by atoms with Crippen LogP contribution >= 0.6 is 12.4 Å². The minimum absolute atomic E-state index is 0. The van der Waals surface area contributed by atoms with E-state index >= 15 is 0 Å². The van der Waals surface area contributed by atoms with E-state index in [0.29, 0.717) is 6.04 Å². The fourth-order valence-corrected chi connectivity index (χ4v) is 2.52. The van der Waals surface area contributed by atoms with E-state index in [9.17, 15) is 4.79 Å². The minimum atomic E-state index is -0.232. The molecule has 2 aliphatic rings. The molecule has 3 rings (SSSR count). The number of fused-ring (bicyclic) bond motifs is 1. The van der Waals surface area contributed by atoms with Crippen molar-refractivity contribution >= 4 is 18.3 Å². The highest BCUT2D eigenvalue weighted by atomic mass is 35.5. The van der Waals surface area contributed by atoms with Crippen molar-refractivity contribution in [1.29, 1.82) is 0 Å². The summed E-state index contributed by atoms with van der Waals surface area (Å²) in [6.45, 7) is 1.52. The van der Waals surface area contributed by atoms with Gasteiger partial charge >= 0.3 is 0 Å². The first-order valence-corrected chi connectivity index (χ1v) is 5.91. The highest BCUT2D eigenvalue weighted by Gasteiger charge is 2.39. The summed E-state index contributed by atoms with van der Waals surface area (Å²) in [6.07, 6.45) is 3.73. The molecule has 18 heavy (non-hydrogen) atoms. The maximum Gasteiger partial charge on any atom is 0.290 e. The largest absolute Gasteiger partial charge is 0.374 e. The zero-order chi connectivity index (χ0) is 11.7. The average Bonchev–Trinajstić information content (AvgIpc) is 2.98. The Hall–Kier alpha value is -1.11.